The lowest BCUT2D eigenvalue weighted by Crippen LogP contribution is -2.28. The summed E-state index contributed by atoms with van der Waals surface area (Å²) in [5.41, 5.74) is 6.88. The summed E-state index contributed by atoms with van der Waals surface area (Å²) in [5, 5.41) is 21.6. The van der Waals surface area contributed by atoms with Crippen molar-refractivity contribution >= 4 is 42.1 Å². The number of halogens is 2. The van der Waals surface area contributed by atoms with Crippen molar-refractivity contribution in [3.63, 3.8) is 0 Å². The molecule has 0 aliphatic rings. The monoisotopic (exact) mass is 299 g/mol. The van der Waals surface area contributed by atoms with Crippen LogP contribution < -0.4 is 11.1 Å². The average molecular weight is 300 g/mol. The number of hydrogen-bond donors (Lipinski definition) is 4. The van der Waals surface area contributed by atoms with E-state index >= 15 is 0 Å². The highest BCUT2D eigenvalue weighted by atomic mass is 35.5. The van der Waals surface area contributed by atoms with Crippen molar-refractivity contribution in [3.8, 4) is 5.75 Å². The fraction of sp³-hybridized carbons (Fsp3) is 0.333. The van der Waals surface area contributed by atoms with Gasteiger partial charge in [0.1, 0.15) is 5.75 Å². The van der Waals surface area contributed by atoms with Gasteiger partial charge in [-0.1, -0.05) is 0 Å². The second kappa shape index (κ2) is 8.30. The maximum atomic E-state index is 9.63. The van der Waals surface area contributed by atoms with Crippen LogP contribution in [0.2, 0.25) is 0 Å². The Morgan fingerprint density at radius 2 is 2.12 bits per heavy atom. The van der Waals surface area contributed by atoms with E-state index in [0.29, 0.717) is 23.4 Å². The Kier molecular flexibility index (Phi) is 9.05. The summed E-state index contributed by atoms with van der Waals surface area (Å²) >= 11 is 4.65. The van der Waals surface area contributed by atoms with Gasteiger partial charge in [-0.05, 0) is 24.7 Å². The van der Waals surface area contributed by atoms with Crippen LogP contribution in [0.15, 0.2) is 6.20 Å². The molecular weight excluding hydrogens is 285 g/mol. The minimum atomic E-state index is -0.246. The summed E-state index contributed by atoms with van der Waals surface area (Å²) in [5.74, 6) is 0.0136. The number of hydrogen-bond acceptors (Lipinski definition) is 4. The van der Waals surface area contributed by atoms with Gasteiger partial charge in [-0.25, -0.2) is 0 Å². The van der Waals surface area contributed by atoms with Gasteiger partial charge in [0, 0.05) is 18.3 Å². The molecule has 0 radical (unpaired) electrons. The number of nitrogens with one attached hydrogen (secondary N) is 1. The van der Waals surface area contributed by atoms with Crippen LogP contribution in [-0.4, -0.2) is 20.3 Å². The number of nitrogens with zero attached hydrogens (tertiary/aromatic N) is 1. The van der Waals surface area contributed by atoms with E-state index in [2.05, 4.69) is 22.5 Å². The lowest BCUT2D eigenvalue weighted by Gasteiger charge is -2.11. The van der Waals surface area contributed by atoms with Crippen molar-refractivity contribution in [1.29, 1.82) is 0 Å². The zero-order chi connectivity index (χ0) is 11.4. The Morgan fingerprint density at radius 1 is 1.53 bits per heavy atom. The molecular formula is C9H15Cl2N3O2S. The first-order valence-corrected chi connectivity index (χ1v) is 4.77. The fourth-order valence-corrected chi connectivity index (χ4v) is 1.27. The number of rotatable bonds is 3. The number of pyridine rings is 1. The minimum Gasteiger partial charge on any atom is -0.506 e. The summed E-state index contributed by atoms with van der Waals surface area (Å²) in [6, 6.07) is 0. The van der Waals surface area contributed by atoms with Gasteiger partial charge in [-0.3, -0.25) is 4.98 Å². The van der Waals surface area contributed by atoms with E-state index in [1.807, 2.05) is 0 Å². The summed E-state index contributed by atoms with van der Waals surface area (Å²) in [6.07, 6.45) is 1.58. The smallest absolute Gasteiger partial charge is 0.163 e. The number of aryl methyl sites for hydroxylation is 1. The lowest BCUT2D eigenvalue weighted by atomic mass is 10.1. The Labute approximate surface area is 117 Å². The molecule has 0 amide bonds. The van der Waals surface area contributed by atoms with Crippen LogP contribution in [-0.2, 0) is 13.2 Å². The molecule has 0 aromatic carbocycles. The fourth-order valence-electron chi connectivity index (χ4n) is 1.20. The molecule has 0 fully saturated rings. The predicted molar refractivity (Wildman–Crippen MR) is 74.7 cm³/mol. The number of aliphatic hydroxyl groups is 1. The van der Waals surface area contributed by atoms with Gasteiger partial charge in [-0.2, -0.15) is 0 Å². The van der Waals surface area contributed by atoms with Gasteiger partial charge < -0.3 is 21.3 Å². The van der Waals surface area contributed by atoms with E-state index in [-0.39, 0.29) is 42.3 Å². The van der Waals surface area contributed by atoms with Gasteiger partial charge in [0.25, 0.3) is 0 Å². The van der Waals surface area contributed by atoms with Crippen molar-refractivity contribution in [1.82, 2.24) is 10.3 Å². The molecule has 0 unspecified atom stereocenters. The molecule has 8 heteroatoms. The summed E-state index contributed by atoms with van der Waals surface area (Å²) in [6.45, 7) is 1.76. The van der Waals surface area contributed by atoms with E-state index < -0.39 is 0 Å². The van der Waals surface area contributed by atoms with Gasteiger partial charge >= 0.3 is 0 Å². The normalized spacial score (nSPS) is 8.82. The second-order valence-corrected chi connectivity index (χ2v) is 3.51. The molecule has 1 aromatic rings. The summed E-state index contributed by atoms with van der Waals surface area (Å²) in [4.78, 5) is 3.98. The van der Waals surface area contributed by atoms with Crippen LogP contribution >= 0.6 is 37.0 Å². The van der Waals surface area contributed by atoms with Crippen molar-refractivity contribution in [3.05, 3.63) is 23.0 Å². The molecule has 1 rings (SSSR count). The minimum absolute atomic E-state index is 0. The topological polar surface area (TPSA) is 91.4 Å². The van der Waals surface area contributed by atoms with Gasteiger partial charge in [0.15, 0.2) is 5.11 Å². The summed E-state index contributed by atoms with van der Waals surface area (Å²) < 4.78 is 0. The van der Waals surface area contributed by atoms with E-state index in [9.17, 15) is 5.11 Å². The predicted octanol–water partition coefficient (Wildman–Crippen LogP) is 0.765. The van der Waals surface area contributed by atoms with Crippen molar-refractivity contribution in [2.75, 3.05) is 0 Å². The highest BCUT2D eigenvalue weighted by Crippen LogP contribution is 2.23. The molecule has 5 nitrogen and oxygen atoms in total. The van der Waals surface area contributed by atoms with E-state index in [0.717, 1.165) is 0 Å². The number of aromatic hydroxyl groups is 1. The molecule has 0 aliphatic heterocycles. The summed E-state index contributed by atoms with van der Waals surface area (Å²) in [7, 11) is 0. The van der Waals surface area contributed by atoms with Crippen molar-refractivity contribution in [2.24, 2.45) is 5.73 Å². The first-order chi connectivity index (χ1) is 7.06. The molecule has 1 aromatic heterocycles. The molecule has 1 heterocycles. The second-order valence-electron chi connectivity index (χ2n) is 3.07. The van der Waals surface area contributed by atoms with Crippen LogP contribution in [0.5, 0.6) is 5.75 Å². The Morgan fingerprint density at radius 3 is 2.59 bits per heavy atom. The molecule has 17 heavy (non-hydrogen) atoms. The lowest BCUT2D eigenvalue weighted by molar-refractivity contribution is 0.273. The Bertz CT molecular complexity index is 391. The SMILES string of the molecule is Cc1ncc(CNC(N)=S)c(CO)c1O.Cl.Cl. The van der Waals surface area contributed by atoms with Gasteiger partial charge in [0.2, 0.25) is 0 Å². The molecule has 0 spiro atoms. The molecule has 0 saturated heterocycles. The Hall–Kier alpha value is -0.820. The van der Waals surface area contributed by atoms with Crippen LogP contribution in [0.1, 0.15) is 16.8 Å². The highest BCUT2D eigenvalue weighted by Gasteiger charge is 2.10. The molecule has 0 atom stereocenters. The van der Waals surface area contributed by atoms with E-state index in [1.54, 1.807) is 13.1 Å². The van der Waals surface area contributed by atoms with Crippen molar-refractivity contribution in [2.45, 2.75) is 20.1 Å². The highest BCUT2D eigenvalue weighted by molar-refractivity contribution is 7.80. The van der Waals surface area contributed by atoms with E-state index in [1.165, 1.54) is 0 Å². The van der Waals surface area contributed by atoms with Crippen LogP contribution in [0.4, 0.5) is 0 Å². The third-order valence-electron chi connectivity index (χ3n) is 2.04. The van der Waals surface area contributed by atoms with Crippen molar-refractivity contribution < 1.29 is 10.2 Å². The zero-order valence-corrected chi connectivity index (χ0v) is 11.6. The largest absolute Gasteiger partial charge is 0.506 e. The third kappa shape index (κ3) is 4.91. The average Bonchev–Trinajstić information content (AvgIpc) is 2.19. The maximum Gasteiger partial charge on any atom is 0.163 e. The first-order valence-electron chi connectivity index (χ1n) is 4.36. The zero-order valence-electron chi connectivity index (χ0n) is 9.14. The molecule has 0 bridgehead atoms. The molecule has 5 N–H and O–H groups in total. The van der Waals surface area contributed by atoms with Gasteiger partial charge in [-0.15, -0.1) is 24.8 Å². The number of nitrogens with two attached hydrogens (primary N) is 1. The maximum absolute atomic E-state index is 9.63. The molecule has 0 aliphatic carbocycles. The van der Waals surface area contributed by atoms with Crippen LogP contribution in [0.3, 0.4) is 0 Å². The van der Waals surface area contributed by atoms with Crippen LogP contribution in [0.25, 0.3) is 0 Å². The quantitative estimate of drug-likeness (QED) is 0.616. The van der Waals surface area contributed by atoms with E-state index in [4.69, 9.17) is 10.8 Å². The molecule has 98 valence electrons. The third-order valence-corrected chi connectivity index (χ3v) is 2.19. The van der Waals surface area contributed by atoms with Crippen LogP contribution in [0, 0.1) is 6.92 Å². The Balaban J connectivity index is 0. The number of thiocarbonyl (C=S) groups is 1. The van der Waals surface area contributed by atoms with Gasteiger partial charge in [0.05, 0.1) is 12.3 Å². The standard InChI is InChI=1S/C9H13N3O2S.2ClH/c1-5-8(14)7(4-13)6(2-11-5)3-12-9(10)15;;/h2,13-14H,3-4H2,1H3,(H3,10,12,15);2*1H. The first kappa shape index (κ1) is 18.5. The molecule has 0 saturated carbocycles. The number of aromatic nitrogens is 1. The number of aliphatic hydroxyl groups excluding tert-OH is 1.